The summed E-state index contributed by atoms with van der Waals surface area (Å²) in [5.74, 6) is 0.575. The third-order valence-corrected chi connectivity index (χ3v) is 4.61. The van der Waals surface area contributed by atoms with Crippen LogP contribution in [0.5, 0.6) is 0 Å². The second-order valence-electron chi connectivity index (χ2n) is 6.81. The van der Waals surface area contributed by atoms with Crippen molar-refractivity contribution in [3.8, 4) is 0 Å². The van der Waals surface area contributed by atoms with Gasteiger partial charge >= 0.3 is 0 Å². The Balaban J connectivity index is 2.48. The van der Waals surface area contributed by atoms with Crippen molar-refractivity contribution in [2.75, 3.05) is 7.11 Å². The first-order valence-corrected chi connectivity index (χ1v) is 8.43. The first kappa shape index (κ1) is 19.8. The zero-order chi connectivity index (χ0) is 17.4. The fraction of sp³-hybridized carbons (Fsp3) is 0.684. The number of carbonyl (C=O) groups excluding carboxylic acids is 2. The van der Waals surface area contributed by atoms with Crippen LogP contribution < -0.4 is 0 Å². The van der Waals surface area contributed by atoms with Crippen LogP contribution in [0.4, 0.5) is 0 Å². The largest absolute Gasteiger partial charge is 0.390 e. The topological polar surface area (TPSA) is 63.6 Å². The van der Waals surface area contributed by atoms with Gasteiger partial charge in [-0.2, -0.15) is 0 Å². The maximum Gasteiger partial charge on any atom is 0.161 e. The summed E-state index contributed by atoms with van der Waals surface area (Å²) < 4.78 is 5.34. The van der Waals surface area contributed by atoms with E-state index in [0.29, 0.717) is 17.4 Å². The van der Waals surface area contributed by atoms with E-state index in [4.69, 9.17) is 4.74 Å². The summed E-state index contributed by atoms with van der Waals surface area (Å²) >= 11 is 0. The fourth-order valence-corrected chi connectivity index (χ4v) is 3.19. The van der Waals surface area contributed by atoms with Gasteiger partial charge in [0.15, 0.2) is 5.78 Å². The molecule has 0 amide bonds. The maximum atomic E-state index is 12.0. The Labute approximate surface area is 139 Å². The molecule has 0 spiro atoms. The first-order chi connectivity index (χ1) is 10.9. The zero-order valence-corrected chi connectivity index (χ0v) is 14.7. The van der Waals surface area contributed by atoms with Crippen LogP contribution in [0, 0.1) is 17.8 Å². The minimum absolute atomic E-state index is 0.0203. The number of methoxy groups -OCH3 is 1. The van der Waals surface area contributed by atoms with Gasteiger partial charge in [0.05, 0.1) is 12.2 Å². The molecule has 1 fully saturated rings. The van der Waals surface area contributed by atoms with Crippen molar-refractivity contribution in [3.05, 3.63) is 23.8 Å². The number of carbonyl (C=O) groups is 2. The van der Waals surface area contributed by atoms with Crippen LogP contribution >= 0.6 is 0 Å². The van der Waals surface area contributed by atoms with E-state index in [-0.39, 0.29) is 23.9 Å². The number of ketones is 1. The van der Waals surface area contributed by atoms with E-state index >= 15 is 0 Å². The Morgan fingerprint density at radius 3 is 2.65 bits per heavy atom. The molecule has 0 bridgehead atoms. The van der Waals surface area contributed by atoms with E-state index in [0.717, 1.165) is 32.0 Å². The normalized spacial score (nSPS) is 28.6. The summed E-state index contributed by atoms with van der Waals surface area (Å²) in [7, 11) is 1.65. The van der Waals surface area contributed by atoms with Crippen molar-refractivity contribution in [2.45, 2.75) is 58.7 Å². The molecule has 1 aliphatic carbocycles. The Kier molecular flexibility index (Phi) is 8.42. The molecular weight excluding hydrogens is 292 g/mol. The van der Waals surface area contributed by atoms with E-state index in [9.17, 15) is 14.7 Å². The SMILES string of the molecule is CO[C@@H]1C[C@H](C[C@@H](C)/C=C\C(=O)[C@H](C)/C=C(\C)C=O)CC[C@H]1O. The smallest absolute Gasteiger partial charge is 0.161 e. The maximum absolute atomic E-state index is 12.0. The van der Waals surface area contributed by atoms with Crippen LogP contribution in [0.1, 0.15) is 46.5 Å². The van der Waals surface area contributed by atoms with Crippen LogP contribution in [-0.2, 0) is 14.3 Å². The lowest BCUT2D eigenvalue weighted by Crippen LogP contribution is -2.35. The average Bonchev–Trinajstić information content (AvgIpc) is 2.54. The summed E-state index contributed by atoms with van der Waals surface area (Å²) in [5, 5.41) is 9.84. The molecule has 0 saturated heterocycles. The van der Waals surface area contributed by atoms with Gasteiger partial charge in [0.2, 0.25) is 0 Å². The molecule has 1 aliphatic rings. The first-order valence-electron chi connectivity index (χ1n) is 8.43. The summed E-state index contributed by atoms with van der Waals surface area (Å²) in [6, 6.07) is 0. The Morgan fingerprint density at radius 1 is 1.35 bits per heavy atom. The lowest BCUT2D eigenvalue weighted by molar-refractivity contribution is -0.116. The van der Waals surface area contributed by atoms with Crippen molar-refractivity contribution >= 4 is 12.1 Å². The highest BCUT2D eigenvalue weighted by molar-refractivity contribution is 5.93. The number of aliphatic hydroxyl groups is 1. The van der Waals surface area contributed by atoms with Crippen LogP contribution in [0.3, 0.4) is 0 Å². The van der Waals surface area contributed by atoms with Crippen LogP contribution in [0.2, 0.25) is 0 Å². The summed E-state index contributed by atoms with van der Waals surface area (Å²) in [5.41, 5.74) is 0.582. The van der Waals surface area contributed by atoms with Crippen molar-refractivity contribution in [1.29, 1.82) is 0 Å². The molecule has 0 heterocycles. The molecule has 0 aromatic heterocycles. The summed E-state index contributed by atoms with van der Waals surface area (Å²) in [6.07, 6.45) is 9.28. The Hall–Kier alpha value is -1.26. The number of rotatable bonds is 8. The summed E-state index contributed by atoms with van der Waals surface area (Å²) in [6.45, 7) is 5.61. The number of hydrogen-bond acceptors (Lipinski definition) is 4. The van der Waals surface area contributed by atoms with E-state index < -0.39 is 0 Å². The van der Waals surface area contributed by atoms with Crippen LogP contribution in [-0.4, -0.2) is 36.5 Å². The van der Waals surface area contributed by atoms with Crippen molar-refractivity contribution in [1.82, 2.24) is 0 Å². The second kappa shape index (κ2) is 9.78. The predicted molar refractivity (Wildman–Crippen MR) is 91.1 cm³/mol. The van der Waals surface area contributed by atoms with Crippen LogP contribution in [0.15, 0.2) is 23.8 Å². The van der Waals surface area contributed by atoms with Gasteiger partial charge in [0.1, 0.15) is 6.29 Å². The van der Waals surface area contributed by atoms with Crippen LogP contribution in [0.25, 0.3) is 0 Å². The van der Waals surface area contributed by atoms with Gasteiger partial charge in [-0.15, -0.1) is 0 Å². The second-order valence-corrected chi connectivity index (χ2v) is 6.81. The molecule has 0 aromatic carbocycles. The molecule has 23 heavy (non-hydrogen) atoms. The monoisotopic (exact) mass is 322 g/mol. The average molecular weight is 322 g/mol. The molecule has 4 nitrogen and oxygen atoms in total. The third kappa shape index (κ3) is 6.80. The van der Waals surface area contributed by atoms with Gasteiger partial charge in [-0.05, 0) is 56.1 Å². The molecule has 0 aromatic rings. The van der Waals surface area contributed by atoms with E-state index in [1.807, 2.05) is 6.08 Å². The molecule has 4 heteroatoms. The highest BCUT2D eigenvalue weighted by Gasteiger charge is 2.29. The molecule has 1 rings (SSSR count). The van der Waals surface area contributed by atoms with E-state index in [1.54, 1.807) is 33.1 Å². The lowest BCUT2D eigenvalue weighted by Gasteiger charge is -2.33. The number of aliphatic hydroxyl groups excluding tert-OH is 1. The van der Waals surface area contributed by atoms with Gasteiger partial charge in [-0.3, -0.25) is 9.59 Å². The number of ether oxygens (including phenoxy) is 1. The molecule has 130 valence electrons. The highest BCUT2D eigenvalue weighted by Crippen LogP contribution is 2.31. The van der Waals surface area contributed by atoms with E-state index in [2.05, 4.69) is 6.92 Å². The predicted octanol–water partition coefficient (Wildman–Crippen LogP) is 3.10. The Bertz CT molecular complexity index is 452. The molecule has 1 N–H and O–H groups in total. The molecule has 0 radical (unpaired) electrons. The minimum atomic E-state index is -0.350. The zero-order valence-electron chi connectivity index (χ0n) is 14.7. The van der Waals surface area contributed by atoms with Gasteiger partial charge in [0, 0.05) is 13.0 Å². The molecule has 0 aliphatic heterocycles. The van der Waals surface area contributed by atoms with Gasteiger partial charge in [-0.25, -0.2) is 0 Å². The lowest BCUT2D eigenvalue weighted by atomic mass is 9.80. The molecule has 0 unspecified atom stereocenters. The fourth-order valence-electron chi connectivity index (χ4n) is 3.19. The quantitative estimate of drug-likeness (QED) is 0.551. The minimum Gasteiger partial charge on any atom is -0.390 e. The van der Waals surface area contributed by atoms with E-state index in [1.165, 1.54) is 0 Å². The standard InChI is InChI=1S/C19H30O4/c1-13(5-7-17(21)15(3)9-14(2)12-20)10-16-6-8-18(22)19(11-16)23-4/h5,7,9,12-13,15-16,18-19,22H,6,8,10-11H2,1-4H3/b7-5-,14-9+/t13-,15+,16-,18+,19+/m0/s1. The van der Waals surface area contributed by atoms with Gasteiger partial charge < -0.3 is 9.84 Å². The van der Waals surface area contributed by atoms with Gasteiger partial charge in [0.25, 0.3) is 0 Å². The number of aldehydes is 1. The third-order valence-electron chi connectivity index (χ3n) is 4.61. The van der Waals surface area contributed by atoms with Crippen molar-refractivity contribution < 1.29 is 19.4 Å². The highest BCUT2D eigenvalue weighted by atomic mass is 16.5. The van der Waals surface area contributed by atoms with Crippen molar-refractivity contribution in [2.24, 2.45) is 17.8 Å². The molecule has 1 saturated carbocycles. The molecule has 5 atom stereocenters. The summed E-state index contributed by atoms with van der Waals surface area (Å²) in [4.78, 5) is 22.6. The van der Waals surface area contributed by atoms with Crippen molar-refractivity contribution in [3.63, 3.8) is 0 Å². The molecular formula is C19H30O4. The Morgan fingerprint density at radius 2 is 2.04 bits per heavy atom. The number of allylic oxidation sites excluding steroid dienone is 4. The number of hydrogen-bond donors (Lipinski definition) is 1. The van der Waals surface area contributed by atoms with Gasteiger partial charge in [-0.1, -0.05) is 26.0 Å².